The Morgan fingerprint density at radius 1 is 1.10 bits per heavy atom. The molecular formula is C21H20N2O6S. The van der Waals surface area contributed by atoms with Crippen LogP contribution in [0.5, 0.6) is 0 Å². The summed E-state index contributed by atoms with van der Waals surface area (Å²) in [6.07, 6.45) is 1.21. The van der Waals surface area contributed by atoms with Crippen LogP contribution in [-0.2, 0) is 24.2 Å². The molecule has 0 bridgehead atoms. The molecular weight excluding hydrogens is 408 g/mol. The normalized spacial score (nSPS) is 18.4. The fourth-order valence-corrected chi connectivity index (χ4v) is 5.67. The lowest BCUT2D eigenvalue weighted by atomic mass is 10.0. The summed E-state index contributed by atoms with van der Waals surface area (Å²) in [6, 6.07) is 10.5. The van der Waals surface area contributed by atoms with Crippen molar-refractivity contribution in [2.75, 3.05) is 20.2 Å². The van der Waals surface area contributed by atoms with Gasteiger partial charge < -0.3 is 15.0 Å². The van der Waals surface area contributed by atoms with Crippen LogP contribution in [0.4, 0.5) is 0 Å². The molecule has 2 heterocycles. The minimum absolute atomic E-state index is 0.0768. The van der Waals surface area contributed by atoms with Crippen LogP contribution in [0.2, 0.25) is 0 Å². The summed E-state index contributed by atoms with van der Waals surface area (Å²) in [7, 11) is -2.42. The third kappa shape index (κ3) is 3.24. The molecule has 0 saturated carbocycles. The molecule has 30 heavy (non-hydrogen) atoms. The molecule has 0 unspecified atom stereocenters. The smallest absolute Gasteiger partial charge is 0.328 e. The van der Waals surface area contributed by atoms with Crippen LogP contribution in [0.15, 0.2) is 52.3 Å². The van der Waals surface area contributed by atoms with Gasteiger partial charge >= 0.3 is 5.97 Å². The molecule has 4 rings (SSSR count). The maximum atomic E-state index is 12.8. The summed E-state index contributed by atoms with van der Waals surface area (Å²) < 4.78 is 30.3. The monoisotopic (exact) mass is 428 g/mol. The number of likely N-dealkylation sites (tertiary alicyclic amines) is 1. The molecule has 1 fully saturated rings. The third-order valence-corrected chi connectivity index (χ3v) is 7.30. The summed E-state index contributed by atoms with van der Waals surface area (Å²) in [5.74, 6) is -1.43. The van der Waals surface area contributed by atoms with Crippen LogP contribution in [0.3, 0.4) is 0 Å². The quantitative estimate of drug-likeness (QED) is 0.629. The number of sulfone groups is 1. The minimum atomic E-state index is -3.69. The Labute approximate surface area is 173 Å². The van der Waals surface area contributed by atoms with Crippen molar-refractivity contribution >= 4 is 27.6 Å². The van der Waals surface area contributed by atoms with Crippen LogP contribution < -0.4 is 5.32 Å². The first-order chi connectivity index (χ1) is 14.3. The molecule has 9 heteroatoms. The minimum Gasteiger partial charge on any atom is -0.467 e. The zero-order chi connectivity index (χ0) is 21.5. The maximum Gasteiger partial charge on any atom is 0.328 e. The number of amides is 2. The van der Waals surface area contributed by atoms with Crippen molar-refractivity contribution in [2.45, 2.75) is 28.7 Å². The van der Waals surface area contributed by atoms with Crippen LogP contribution in [0.25, 0.3) is 11.1 Å². The van der Waals surface area contributed by atoms with Crippen molar-refractivity contribution in [1.29, 1.82) is 0 Å². The molecule has 2 aliphatic heterocycles. The number of ether oxygens (including phenoxy) is 1. The predicted molar refractivity (Wildman–Crippen MR) is 106 cm³/mol. The molecule has 2 aromatic rings. The number of carbonyl (C=O) groups excluding carboxylic acids is 3. The largest absolute Gasteiger partial charge is 0.467 e. The van der Waals surface area contributed by atoms with Gasteiger partial charge in [-0.1, -0.05) is 24.3 Å². The van der Waals surface area contributed by atoms with Crippen LogP contribution in [0.1, 0.15) is 23.2 Å². The molecule has 0 aromatic heterocycles. The molecule has 1 N–H and O–H groups in total. The number of methoxy groups -OCH3 is 1. The number of esters is 1. The maximum absolute atomic E-state index is 12.8. The number of nitrogens with one attached hydrogen (secondary N) is 1. The predicted octanol–water partition coefficient (Wildman–Crippen LogP) is 1.39. The van der Waals surface area contributed by atoms with Gasteiger partial charge in [-0.15, -0.1) is 0 Å². The number of benzene rings is 2. The van der Waals surface area contributed by atoms with E-state index in [9.17, 15) is 22.8 Å². The first-order valence-electron chi connectivity index (χ1n) is 9.48. The van der Waals surface area contributed by atoms with E-state index in [1.165, 1.54) is 30.2 Å². The Morgan fingerprint density at radius 3 is 2.60 bits per heavy atom. The van der Waals surface area contributed by atoms with Crippen molar-refractivity contribution in [2.24, 2.45) is 0 Å². The molecule has 1 saturated heterocycles. The van der Waals surface area contributed by atoms with E-state index in [-0.39, 0.29) is 21.9 Å². The van der Waals surface area contributed by atoms with Crippen molar-refractivity contribution in [3.63, 3.8) is 0 Å². The van der Waals surface area contributed by atoms with E-state index in [1.54, 1.807) is 24.3 Å². The molecule has 2 amide bonds. The van der Waals surface area contributed by atoms with E-state index in [4.69, 9.17) is 4.74 Å². The fraction of sp³-hybridized carbons (Fsp3) is 0.286. The highest BCUT2D eigenvalue weighted by Gasteiger charge is 2.35. The van der Waals surface area contributed by atoms with Gasteiger partial charge in [0, 0.05) is 23.2 Å². The van der Waals surface area contributed by atoms with Crippen molar-refractivity contribution in [1.82, 2.24) is 10.2 Å². The summed E-state index contributed by atoms with van der Waals surface area (Å²) >= 11 is 0. The Balaban J connectivity index is 1.49. The number of fused-ring (bicyclic) bond motifs is 3. The Hall–Kier alpha value is -3.20. The van der Waals surface area contributed by atoms with Crippen molar-refractivity contribution in [3.05, 3.63) is 48.0 Å². The molecule has 0 radical (unpaired) electrons. The Kier molecular flexibility index (Phi) is 5.07. The summed E-state index contributed by atoms with van der Waals surface area (Å²) in [4.78, 5) is 38.5. The topological polar surface area (TPSA) is 110 Å². The van der Waals surface area contributed by atoms with Crippen LogP contribution >= 0.6 is 0 Å². The molecule has 1 atom stereocenters. The van der Waals surface area contributed by atoms with Gasteiger partial charge in [-0.25, -0.2) is 13.2 Å². The number of carbonyl (C=O) groups is 3. The zero-order valence-electron chi connectivity index (χ0n) is 16.3. The SMILES string of the molecule is COC(=O)[C@@H]1CCCN1C(=O)CNC(=O)c1ccc2c(c1)S(=O)(=O)c1ccccc1-2. The molecule has 0 spiro atoms. The average Bonchev–Trinajstić information content (AvgIpc) is 3.33. The number of nitrogens with zero attached hydrogens (tertiary/aromatic N) is 1. The summed E-state index contributed by atoms with van der Waals surface area (Å²) in [5, 5.41) is 2.52. The highest BCUT2D eigenvalue weighted by Crippen LogP contribution is 2.43. The standard InChI is InChI=1S/C21H20N2O6S/c1-29-21(26)16-6-4-10-23(16)19(24)12-22-20(25)13-8-9-15-14-5-2-3-7-17(14)30(27,28)18(15)11-13/h2-3,5,7-9,11,16H,4,6,10,12H2,1H3,(H,22,25)/t16-/m0/s1. The first kappa shape index (κ1) is 20.1. The van der Waals surface area contributed by atoms with Crippen molar-refractivity contribution in [3.8, 4) is 11.1 Å². The van der Waals surface area contributed by atoms with E-state index >= 15 is 0 Å². The van der Waals surface area contributed by atoms with Crippen molar-refractivity contribution < 1.29 is 27.5 Å². The second-order valence-corrected chi connectivity index (χ2v) is 9.05. The van der Waals surface area contributed by atoms with Gasteiger partial charge in [0.2, 0.25) is 15.7 Å². The Morgan fingerprint density at radius 2 is 1.83 bits per heavy atom. The first-order valence-corrected chi connectivity index (χ1v) is 11.0. The fourth-order valence-electron chi connectivity index (χ4n) is 3.96. The second kappa shape index (κ2) is 7.56. The lowest BCUT2D eigenvalue weighted by Gasteiger charge is -2.22. The molecule has 156 valence electrons. The lowest BCUT2D eigenvalue weighted by Crippen LogP contribution is -2.45. The van der Waals surface area contributed by atoms with Crippen LogP contribution in [-0.4, -0.2) is 57.3 Å². The van der Waals surface area contributed by atoms with Gasteiger partial charge in [-0.2, -0.15) is 0 Å². The molecule has 8 nitrogen and oxygen atoms in total. The molecule has 2 aliphatic rings. The highest BCUT2D eigenvalue weighted by molar-refractivity contribution is 7.92. The van der Waals surface area contributed by atoms with Gasteiger partial charge in [0.1, 0.15) is 6.04 Å². The number of hydrogen-bond donors (Lipinski definition) is 1. The summed E-state index contributed by atoms with van der Waals surface area (Å²) in [6.45, 7) is 0.125. The zero-order valence-corrected chi connectivity index (χ0v) is 17.1. The Bertz CT molecular complexity index is 1160. The number of hydrogen-bond acceptors (Lipinski definition) is 6. The van der Waals surface area contributed by atoms with E-state index in [1.807, 2.05) is 0 Å². The van der Waals surface area contributed by atoms with E-state index in [2.05, 4.69) is 5.32 Å². The van der Waals surface area contributed by atoms with Gasteiger partial charge in [0.25, 0.3) is 5.91 Å². The highest BCUT2D eigenvalue weighted by atomic mass is 32.2. The number of rotatable bonds is 4. The van der Waals surface area contributed by atoms with E-state index < -0.39 is 33.7 Å². The molecule has 2 aromatic carbocycles. The van der Waals surface area contributed by atoms with Gasteiger partial charge in [-0.3, -0.25) is 9.59 Å². The van der Waals surface area contributed by atoms with Crippen LogP contribution in [0, 0.1) is 0 Å². The molecule has 0 aliphatic carbocycles. The lowest BCUT2D eigenvalue weighted by molar-refractivity contribution is -0.150. The van der Waals surface area contributed by atoms with Gasteiger partial charge in [-0.05, 0) is 31.0 Å². The summed E-state index contributed by atoms with van der Waals surface area (Å²) in [5.41, 5.74) is 1.30. The van der Waals surface area contributed by atoms with Gasteiger partial charge in [0.15, 0.2) is 0 Å². The average molecular weight is 428 g/mol. The second-order valence-electron chi connectivity index (χ2n) is 7.16. The van der Waals surface area contributed by atoms with Gasteiger partial charge in [0.05, 0.1) is 23.4 Å². The third-order valence-electron chi connectivity index (χ3n) is 5.45. The van der Waals surface area contributed by atoms with E-state index in [0.717, 1.165) is 0 Å². The van der Waals surface area contributed by atoms with E-state index in [0.29, 0.717) is 30.5 Å².